The molecule has 1 rings (SSSR count). The molecule has 1 heterocycles. The van der Waals surface area contributed by atoms with Crippen LogP contribution in [0.3, 0.4) is 0 Å². The van der Waals surface area contributed by atoms with Crippen LogP contribution in [0, 0.1) is 6.92 Å². The quantitative estimate of drug-likeness (QED) is 0.770. The Morgan fingerprint density at radius 1 is 1.25 bits per heavy atom. The summed E-state index contributed by atoms with van der Waals surface area (Å²) in [7, 11) is 0. The predicted molar refractivity (Wildman–Crippen MR) is 69.4 cm³/mol. The average molecular weight is 288 g/mol. The van der Waals surface area contributed by atoms with E-state index in [-0.39, 0.29) is 25.0 Å². The fourth-order valence-electron chi connectivity index (χ4n) is 1.96. The highest BCUT2D eigenvalue weighted by atomic mass is 19.4. The number of Topliss-reactive ketones (excluding diaryl/α,β-unsaturated/α-hetero) is 1. The van der Waals surface area contributed by atoms with Gasteiger partial charge in [-0.05, 0) is 32.3 Å². The molecule has 1 aromatic heterocycles. The first-order valence-corrected chi connectivity index (χ1v) is 6.72. The zero-order valence-electron chi connectivity index (χ0n) is 11.8. The minimum absolute atomic E-state index is 0.00228. The van der Waals surface area contributed by atoms with Gasteiger partial charge in [-0.1, -0.05) is 6.92 Å². The van der Waals surface area contributed by atoms with Crippen molar-refractivity contribution in [3.8, 4) is 0 Å². The van der Waals surface area contributed by atoms with Crippen molar-refractivity contribution in [3.63, 3.8) is 0 Å². The van der Waals surface area contributed by atoms with E-state index in [2.05, 4.69) is 9.97 Å². The molecule has 3 nitrogen and oxygen atoms in total. The maximum atomic E-state index is 12.1. The van der Waals surface area contributed by atoms with Crippen molar-refractivity contribution in [1.82, 2.24) is 9.97 Å². The number of halogens is 3. The molecular formula is C14H19F3N2O. The van der Waals surface area contributed by atoms with E-state index in [1.165, 1.54) is 0 Å². The van der Waals surface area contributed by atoms with E-state index < -0.39 is 12.6 Å². The molecule has 0 aliphatic rings. The molecule has 112 valence electrons. The summed E-state index contributed by atoms with van der Waals surface area (Å²) in [6.07, 6.45) is -3.21. The van der Waals surface area contributed by atoms with E-state index in [0.717, 1.165) is 6.42 Å². The largest absolute Gasteiger partial charge is 0.389 e. The van der Waals surface area contributed by atoms with E-state index in [4.69, 9.17) is 0 Å². The Bertz CT molecular complexity index is 458. The number of carbonyl (C=O) groups is 1. The van der Waals surface area contributed by atoms with Crippen LogP contribution in [0.25, 0.3) is 0 Å². The van der Waals surface area contributed by atoms with Crippen LogP contribution in [-0.4, -0.2) is 21.9 Å². The third kappa shape index (κ3) is 6.63. The molecule has 6 heteroatoms. The lowest BCUT2D eigenvalue weighted by Crippen LogP contribution is -2.09. The van der Waals surface area contributed by atoms with Gasteiger partial charge >= 0.3 is 6.18 Å². The summed E-state index contributed by atoms with van der Waals surface area (Å²) < 4.78 is 36.3. The van der Waals surface area contributed by atoms with Crippen LogP contribution in [0.5, 0.6) is 0 Å². The molecule has 0 atom stereocenters. The highest BCUT2D eigenvalue weighted by molar-refractivity contribution is 5.80. The molecule has 0 amide bonds. The number of ketones is 1. The molecule has 0 saturated heterocycles. The van der Waals surface area contributed by atoms with Gasteiger partial charge in [0.15, 0.2) is 0 Å². The van der Waals surface area contributed by atoms with Crippen LogP contribution < -0.4 is 0 Å². The Kier molecular flexibility index (Phi) is 6.10. The zero-order chi connectivity index (χ0) is 15.2. The molecule has 20 heavy (non-hydrogen) atoms. The third-order valence-electron chi connectivity index (χ3n) is 2.74. The van der Waals surface area contributed by atoms with Crippen LogP contribution in [0.2, 0.25) is 0 Å². The molecule has 1 aromatic rings. The first-order chi connectivity index (χ1) is 9.30. The summed E-state index contributed by atoms with van der Waals surface area (Å²) in [5.41, 5.74) is 1.17. The van der Waals surface area contributed by atoms with Crippen LogP contribution in [0.1, 0.15) is 49.8 Å². The van der Waals surface area contributed by atoms with E-state index in [9.17, 15) is 18.0 Å². The second-order valence-corrected chi connectivity index (χ2v) is 4.83. The smallest absolute Gasteiger partial charge is 0.299 e. The molecule has 0 spiro atoms. The lowest BCUT2D eigenvalue weighted by Gasteiger charge is -2.07. The van der Waals surface area contributed by atoms with Gasteiger partial charge in [0.05, 0.1) is 5.69 Å². The van der Waals surface area contributed by atoms with Gasteiger partial charge in [0.2, 0.25) is 0 Å². The molecule has 0 saturated carbocycles. The Morgan fingerprint density at radius 3 is 2.50 bits per heavy atom. The fourth-order valence-corrected chi connectivity index (χ4v) is 1.96. The molecule has 0 aliphatic carbocycles. The molecule has 0 N–H and O–H groups in total. The normalized spacial score (nSPS) is 11.7. The van der Waals surface area contributed by atoms with E-state index in [1.54, 1.807) is 13.0 Å². The highest BCUT2D eigenvalue weighted by Crippen LogP contribution is 2.22. The molecule has 0 aromatic carbocycles. The number of aromatic nitrogens is 2. The lowest BCUT2D eigenvalue weighted by atomic mass is 10.1. The predicted octanol–water partition coefficient (Wildman–Crippen LogP) is 3.58. The molecule has 0 radical (unpaired) electrons. The fraction of sp³-hybridized carbons (Fsp3) is 0.643. The monoisotopic (exact) mass is 288 g/mol. The standard InChI is InChI=1S/C14H19F3N2O/c1-3-5-13(20)9-12-8-11(18-10(2)19-12)6-4-7-14(15,16)17/h8H,3-7,9H2,1-2H3. The lowest BCUT2D eigenvalue weighted by molar-refractivity contribution is -0.135. The van der Waals surface area contributed by atoms with E-state index in [1.807, 2.05) is 6.92 Å². The van der Waals surface area contributed by atoms with Gasteiger partial charge in [0.25, 0.3) is 0 Å². The van der Waals surface area contributed by atoms with Crippen molar-refractivity contribution in [1.29, 1.82) is 0 Å². The molecule has 0 aliphatic heterocycles. The van der Waals surface area contributed by atoms with Gasteiger partial charge in [-0.25, -0.2) is 9.97 Å². The van der Waals surface area contributed by atoms with Crippen LogP contribution in [-0.2, 0) is 17.6 Å². The maximum absolute atomic E-state index is 12.1. The minimum atomic E-state index is -4.14. The summed E-state index contributed by atoms with van der Waals surface area (Å²) >= 11 is 0. The second kappa shape index (κ2) is 7.36. The van der Waals surface area contributed by atoms with Crippen molar-refractivity contribution in [2.75, 3.05) is 0 Å². The van der Waals surface area contributed by atoms with E-state index in [0.29, 0.717) is 23.6 Å². The molecule has 0 bridgehead atoms. The van der Waals surface area contributed by atoms with Crippen molar-refractivity contribution >= 4 is 5.78 Å². The van der Waals surface area contributed by atoms with Crippen molar-refractivity contribution in [2.45, 2.75) is 58.5 Å². The van der Waals surface area contributed by atoms with Crippen LogP contribution in [0.4, 0.5) is 13.2 Å². The third-order valence-corrected chi connectivity index (χ3v) is 2.74. The van der Waals surface area contributed by atoms with Gasteiger partial charge < -0.3 is 0 Å². The summed E-state index contributed by atoms with van der Waals surface area (Å²) in [6, 6.07) is 1.64. The van der Waals surface area contributed by atoms with Gasteiger partial charge in [-0.15, -0.1) is 0 Å². The number of nitrogens with zero attached hydrogens (tertiary/aromatic N) is 2. The van der Waals surface area contributed by atoms with Gasteiger partial charge in [-0.2, -0.15) is 13.2 Å². The molecule has 0 fully saturated rings. The Labute approximate surface area is 116 Å². The number of rotatable bonds is 7. The number of hydrogen-bond acceptors (Lipinski definition) is 3. The number of hydrogen-bond donors (Lipinski definition) is 0. The van der Waals surface area contributed by atoms with Crippen molar-refractivity contribution in [3.05, 3.63) is 23.3 Å². The highest BCUT2D eigenvalue weighted by Gasteiger charge is 2.26. The number of aryl methyl sites for hydroxylation is 2. The van der Waals surface area contributed by atoms with Crippen molar-refractivity contribution < 1.29 is 18.0 Å². The first-order valence-electron chi connectivity index (χ1n) is 6.72. The molecular weight excluding hydrogens is 269 g/mol. The summed E-state index contributed by atoms with van der Waals surface area (Å²) in [5.74, 6) is 0.584. The SMILES string of the molecule is CCCC(=O)Cc1cc(CCCC(F)(F)F)nc(C)n1. The van der Waals surface area contributed by atoms with Crippen molar-refractivity contribution in [2.24, 2.45) is 0 Å². The van der Waals surface area contributed by atoms with E-state index >= 15 is 0 Å². The Morgan fingerprint density at radius 2 is 1.90 bits per heavy atom. The van der Waals surface area contributed by atoms with Gasteiger partial charge in [0, 0.05) is 25.0 Å². The first kappa shape index (κ1) is 16.6. The average Bonchev–Trinajstić information content (AvgIpc) is 2.26. The second-order valence-electron chi connectivity index (χ2n) is 4.83. The Balaban J connectivity index is 2.64. The Hall–Kier alpha value is -1.46. The minimum Gasteiger partial charge on any atom is -0.299 e. The van der Waals surface area contributed by atoms with Gasteiger partial charge in [-0.3, -0.25) is 4.79 Å². The van der Waals surface area contributed by atoms with Crippen LogP contribution >= 0.6 is 0 Å². The van der Waals surface area contributed by atoms with Gasteiger partial charge in [0.1, 0.15) is 11.6 Å². The zero-order valence-corrected chi connectivity index (χ0v) is 11.8. The topological polar surface area (TPSA) is 42.9 Å². The number of alkyl halides is 3. The maximum Gasteiger partial charge on any atom is 0.389 e. The number of carbonyl (C=O) groups excluding carboxylic acids is 1. The summed E-state index contributed by atoms with van der Waals surface area (Å²) in [4.78, 5) is 19.8. The summed E-state index contributed by atoms with van der Waals surface area (Å²) in [5, 5.41) is 0. The summed E-state index contributed by atoms with van der Waals surface area (Å²) in [6.45, 7) is 3.60. The molecule has 0 unspecified atom stereocenters. The van der Waals surface area contributed by atoms with Crippen LogP contribution in [0.15, 0.2) is 6.07 Å².